The standard InChI is InChI=1S/C16H33N/c1-3-4-5-6-7-8-9-10-16(17)15-12-11-14(2)13-15/h14-16H,3-13,17H2,1-2H3. The van der Waals surface area contributed by atoms with Gasteiger partial charge in [0.2, 0.25) is 0 Å². The molecule has 0 aliphatic heterocycles. The Morgan fingerprint density at radius 2 is 1.65 bits per heavy atom. The second kappa shape index (κ2) is 8.97. The summed E-state index contributed by atoms with van der Waals surface area (Å²) in [5.74, 6) is 1.77. The molecule has 0 bridgehead atoms. The van der Waals surface area contributed by atoms with Crippen LogP contribution < -0.4 is 5.73 Å². The molecule has 1 fully saturated rings. The molecule has 1 nitrogen and oxygen atoms in total. The van der Waals surface area contributed by atoms with E-state index in [0.717, 1.165) is 11.8 Å². The van der Waals surface area contributed by atoms with Gasteiger partial charge in [0.05, 0.1) is 0 Å². The Labute approximate surface area is 109 Å². The highest BCUT2D eigenvalue weighted by Crippen LogP contribution is 2.33. The van der Waals surface area contributed by atoms with Gasteiger partial charge in [-0.25, -0.2) is 0 Å². The van der Waals surface area contributed by atoms with Crippen LogP contribution in [0.25, 0.3) is 0 Å². The van der Waals surface area contributed by atoms with Crippen molar-refractivity contribution in [3.05, 3.63) is 0 Å². The lowest BCUT2D eigenvalue weighted by Crippen LogP contribution is -2.28. The van der Waals surface area contributed by atoms with Gasteiger partial charge in [-0.2, -0.15) is 0 Å². The van der Waals surface area contributed by atoms with E-state index in [4.69, 9.17) is 5.73 Å². The number of unbranched alkanes of at least 4 members (excludes halogenated alkanes) is 6. The van der Waals surface area contributed by atoms with Gasteiger partial charge in [-0.15, -0.1) is 0 Å². The van der Waals surface area contributed by atoms with E-state index in [1.807, 2.05) is 0 Å². The molecule has 3 atom stereocenters. The Morgan fingerprint density at radius 3 is 2.24 bits per heavy atom. The van der Waals surface area contributed by atoms with Crippen LogP contribution in [0.3, 0.4) is 0 Å². The van der Waals surface area contributed by atoms with Gasteiger partial charge >= 0.3 is 0 Å². The molecule has 102 valence electrons. The van der Waals surface area contributed by atoms with Crippen molar-refractivity contribution in [2.75, 3.05) is 0 Å². The van der Waals surface area contributed by atoms with E-state index in [0.29, 0.717) is 6.04 Å². The average Bonchev–Trinajstić information content (AvgIpc) is 2.74. The Morgan fingerprint density at radius 1 is 1.00 bits per heavy atom. The summed E-state index contributed by atoms with van der Waals surface area (Å²) in [5.41, 5.74) is 6.30. The minimum absolute atomic E-state index is 0.496. The molecule has 0 spiro atoms. The Balaban J connectivity index is 1.91. The molecule has 2 N–H and O–H groups in total. The first-order chi connectivity index (χ1) is 8.24. The molecule has 0 aromatic heterocycles. The third-order valence-electron chi connectivity index (χ3n) is 4.48. The van der Waals surface area contributed by atoms with Crippen LogP contribution >= 0.6 is 0 Å². The molecule has 17 heavy (non-hydrogen) atoms. The fraction of sp³-hybridized carbons (Fsp3) is 1.00. The largest absolute Gasteiger partial charge is 0.327 e. The van der Waals surface area contributed by atoms with Crippen molar-refractivity contribution < 1.29 is 0 Å². The van der Waals surface area contributed by atoms with Crippen molar-refractivity contribution in [1.29, 1.82) is 0 Å². The van der Waals surface area contributed by atoms with Crippen molar-refractivity contribution in [3.8, 4) is 0 Å². The maximum Gasteiger partial charge on any atom is 0.00672 e. The zero-order valence-electron chi connectivity index (χ0n) is 12.1. The number of hydrogen-bond donors (Lipinski definition) is 1. The molecule has 1 aliphatic rings. The van der Waals surface area contributed by atoms with Gasteiger partial charge in [-0.3, -0.25) is 0 Å². The normalized spacial score (nSPS) is 26.3. The molecule has 1 aliphatic carbocycles. The van der Waals surface area contributed by atoms with Gasteiger partial charge in [-0.05, 0) is 31.1 Å². The maximum atomic E-state index is 6.30. The lowest BCUT2D eigenvalue weighted by molar-refractivity contribution is 0.384. The SMILES string of the molecule is CCCCCCCCCC(N)C1CCC(C)C1. The van der Waals surface area contributed by atoms with Gasteiger partial charge in [-0.1, -0.05) is 65.2 Å². The average molecular weight is 239 g/mol. The second-order valence-electron chi connectivity index (χ2n) is 6.25. The highest BCUT2D eigenvalue weighted by atomic mass is 14.7. The molecule has 1 heteroatoms. The number of nitrogens with two attached hydrogens (primary N) is 1. The lowest BCUT2D eigenvalue weighted by Gasteiger charge is -2.18. The Kier molecular flexibility index (Phi) is 7.92. The number of hydrogen-bond acceptors (Lipinski definition) is 1. The summed E-state index contributed by atoms with van der Waals surface area (Å²) >= 11 is 0. The first-order valence-electron chi connectivity index (χ1n) is 7.99. The summed E-state index contributed by atoms with van der Waals surface area (Å²) in [5, 5.41) is 0. The molecular weight excluding hydrogens is 206 g/mol. The number of rotatable bonds is 9. The molecule has 0 aromatic rings. The molecule has 3 unspecified atom stereocenters. The van der Waals surface area contributed by atoms with E-state index in [1.165, 1.54) is 70.6 Å². The molecule has 0 amide bonds. The van der Waals surface area contributed by atoms with Crippen LogP contribution in [0.5, 0.6) is 0 Å². The van der Waals surface area contributed by atoms with Crippen LogP contribution in [-0.2, 0) is 0 Å². The van der Waals surface area contributed by atoms with Crippen LogP contribution in [0.2, 0.25) is 0 Å². The van der Waals surface area contributed by atoms with Gasteiger partial charge in [0.1, 0.15) is 0 Å². The van der Waals surface area contributed by atoms with Gasteiger partial charge in [0.15, 0.2) is 0 Å². The fourth-order valence-electron chi connectivity index (χ4n) is 3.21. The third kappa shape index (κ3) is 6.45. The molecule has 0 radical (unpaired) electrons. The summed E-state index contributed by atoms with van der Waals surface area (Å²) in [6.45, 7) is 4.65. The van der Waals surface area contributed by atoms with E-state index >= 15 is 0 Å². The van der Waals surface area contributed by atoms with Crippen molar-refractivity contribution in [2.45, 2.75) is 90.5 Å². The predicted octanol–water partition coefficient (Wildman–Crippen LogP) is 4.89. The third-order valence-corrected chi connectivity index (χ3v) is 4.48. The van der Waals surface area contributed by atoms with Gasteiger partial charge < -0.3 is 5.73 Å². The van der Waals surface area contributed by atoms with Crippen molar-refractivity contribution in [1.82, 2.24) is 0 Å². The molecule has 0 heterocycles. The molecule has 1 rings (SSSR count). The summed E-state index contributed by atoms with van der Waals surface area (Å²) in [6.07, 6.45) is 15.3. The first kappa shape index (κ1) is 15.0. The molecule has 0 saturated heterocycles. The van der Waals surface area contributed by atoms with Crippen molar-refractivity contribution in [3.63, 3.8) is 0 Å². The summed E-state index contributed by atoms with van der Waals surface area (Å²) in [6, 6.07) is 0.496. The topological polar surface area (TPSA) is 26.0 Å². The summed E-state index contributed by atoms with van der Waals surface area (Å²) < 4.78 is 0. The second-order valence-corrected chi connectivity index (χ2v) is 6.25. The first-order valence-corrected chi connectivity index (χ1v) is 7.99. The van der Waals surface area contributed by atoms with Gasteiger partial charge in [0, 0.05) is 6.04 Å². The molecule has 1 saturated carbocycles. The minimum atomic E-state index is 0.496. The summed E-state index contributed by atoms with van der Waals surface area (Å²) in [7, 11) is 0. The van der Waals surface area contributed by atoms with Gasteiger partial charge in [0.25, 0.3) is 0 Å². The van der Waals surface area contributed by atoms with Crippen molar-refractivity contribution in [2.24, 2.45) is 17.6 Å². The zero-order valence-corrected chi connectivity index (χ0v) is 12.1. The van der Waals surface area contributed by atoms with Crippen LogP contribution in [-0.4, -0.2) is 6.04 Å². The van der Waals surface area contributed by atoms with Crippen LogP contribution in [0.1, 0.15) is 84.5 Å². The monoisotopic (exact) mass is 239 g/mol. The smallest absolute Gasteiger partial charge is 0.00672 e. The Bertz CT molecular complexity index is 178. The maximum absolute atomic E-state index is 6.30. The van der Waals surface area contributed by atoms with E-state index in [-0.39, 0.29) is 0 Å². The van der Waals surface area contributed by atoms with Crippen LogP contribution in [0, 0.1) is 11.8 Å². The van der Waals surface area contributed by atoms with E-state index < -0.39 is 0 Å². The summed E-state index contributed by atoms with van der Waals surface area (Å²) in [4.78, 5) is 0. The highest BCUT2D eigenvalue weighted by Gasteiger charge is 2.25. The Hall–Kier alpha value is -0.0400. The zero-order chi connectivity index (χ0) is 12.5. The molecular formula is C16H33N. The fourth-order valence-corrected chi connectivity index (χ4v) is 3.21. The van der Waals surface area contributed by atoms with Crippen LogP contribution in [0.4, 0.5) is 0 Å². The predicted molar refractivity (Wildman–Crippen MR) is 77.1 cm³/mol. The van der Waals surface area contributed by atoms with Crippen molar-refractivity contribution >= 4 is 0 Å². The van der Waals surface area contributed by atoms with E-state index in [2.05, 4.69) is 13.8 Å². The lowest BCUT2D eigenvalue weighted by atomic mass is 9.93. The molecule has 0 aromatic carbocycles. The highest BCUT2D eigenvalue weighted by molar-refractivity contribution is 4.80. The van der Waals surface area contributed by atoms with E-state index in [9.17, 15) is 0 Å². The van der Waals surface area contributed by atoms with E-state index in [1.54, 1.807) is 0 Å². The quantitative estimate of drug-likeness (QED) is 0.570. The minimum Gasteiger partial charge on any atom is -0.327 e. The van der Waals surface area contributed by atoms with Crippen LogP contribution in [0.15, 0.2) is 0 Å².